The molecule has 0 amide bonds. The molecule has 2 aromatic rings. The van der Waals surface area contributed by atoms with Crippen LogP contribution >= 0.6 is 0 Å². The fourth-order valence-corrected chi connectivity index (χ4v) is 3.22. The first-order valence-electron chi connectivity index (χ1n) is 8.03. The van der Waals surface area contributed by atoms with E-state index in [1.807, 2.05) is 0 Å². The third kappa shape index (κ3) is 5.00. The van der Waals surface area contributed by atoms with Gasteiger partial charge in [-0.05, 0) is 12.1 Å². The number of halogens is 2. The van der Waals surface area contributed by atoms with E-state index in [0.29, 0.717) is 11.4 Å². The molecule has 2 heterocycles. The monoisotopic (exact) mass is 400 g/mol. The zero-order chi connectivity index (χ0) is 19.7. The van der Waals surface area contributed by atoms with Gasteiger partial charge < -0.3 is 9.47 Å². The molecule has 11 heteroatoms. The Kier molecular flexibility index (Phi) is 5.13. The van der Waals surface area contributed by atoms with Crippen LogP contribution in [0.4, 0.5) is 14.5 Å². The van der Waals surface area contributed by atoms with Crippen LogP contribution in [0.25, 0.3) is 11.4 Å². The SMILES string of the molecule is COc1nnc(-c2cccc(OCC3CC(F)(F)C3)n2)cc1NS(C)(=O)=O. The summed E-state index contributed by atoms with van der Waals surface area (Å²) in [6.45, 7) is 0.154. The van der Waals surface area contributed by atoms with E-state index in [9.17, 15) is 17.2 Å². The predicted octanol–water partition coefficient (Wildman–Crippen LogP) is 2.34. The number of anilines is 1. The molecule has 146 valence electrons. The van der Waals surface area contributed by atoms with Crippen LogP contribution in [-0.4, -0.2) is 49.5 Å². The molecule has 0 atom stereocenters. The predicted molar refractivity (Wildman–Crippen MR) is 93.4 cm³/mol. The number of nitrogens with zero attached hydrogens (tertiary/aromatic N) is 3. The van der Waals surface area contributed by atoms with Gasteiger partial charge in [0.2, 0.25) is 21.8 Å². The molecule has 0 unspecified atom stereocenters. The van der Waals surface area contributed by atoms with Crippen molar-refractivity contribution >= 4 is 15.7 Å². The summed E-state index contributed by atoms with van der Waals surface area (Å²) in [5, 5.41) is 7.80. The Morgan fingerprint density at radius 3 is 2.63 bits per heavy atom. The number of rotatable bonds is 7. The number of hydrogen-bond acceptors (Lipinski definition) is 7. The third-order valence-electron chi connectivity index (χ3n) is 3.88. The fourth-order valence-electron chi connectivity index (χ4n) is 2.67. The maximum Gasteiger partial charge on any atom is 0.257 e. The lowest BCUT2D eigenvalue weighted by atomic mass is 9.82. The van der Waals surface area contributed by atoms with E-state index in [1.54, 1.807) is 18.2 Å². The molecule has 0 aliphatic heterocycles. The molecule has 1 N–H and O–H groups in total. The lowest BCUT2D eigenvalue weighted by Gasteiger charge is -2.34. The van der Waals surface area contributed by atoms with Gasteiger partial charge in [0, 0.05) is 24.8 Å². The van der Waals surface area contributed by atoms with Crippen LogP contribution in [0.15, 0.2) is 24.3 Å². The molecule has 1 fully saturated rings. The average Bonchev–Trinajstić information content (AvgIpc) is 2.57. The number of aromatic nitrogens is 3. The molecule has 1 saturated carbocycles. The fraction of sp³-hybridized carbons (Fsp3) is 0.438. The van der Waals surface area contributed by atoms with Crippen LogP contribution in [-0.2, 0) is 10.0 Å². The molecule has 2 aromatic heterocycles. The minimum absolute atomic E-state index is 0.0162. The Balaban J connectivity index is 1.77. The van der Waals surface area contributed by atoms with Gasteiger partial charge in [-0.25, -0.2) is 22.2 Å². The highest BCUT2D eigenvalue weighted by molar-refractivity contribution is 7.92. The van der Waals surface area contributed by atoms with E-state index >= 15 is 0 Å². The highest BCUT2D eigenvalue weighted by atomic mass is 32.2. The summed E-state index contributed by atoms with van der Waals surface area (Å²) in [7, 11) is -2.20. The topological polar surface area (TPSA) is 103 Å². The first kappa shape index (κ1) is 19.2. The normalized spacial score (nSPS) is 16.4. The Bertz CT molecular complexity index is 932. The molecule has 1 aliphatic rings. The van der Waals surface area contributed by atoms with E-state index < -0.39 is 15.9 Å². The quantitative estimate of drug-likeness (QED) is 0.761. The van der Waals surface area contributed by atoms with Gasteiger partial charge in [0.25, 0.3) is 5.88 Å². The Morgan fingerprint density at radius 1 is 1.26 bits per heavy atom. The van der Waals surface area contributed by atoms with Crippen LogP contribution in [0.1, 0.15) is 12.8 Å². The summed E-state index contributed by atoms with van der Waals surface area (Å²) in [5.41, 5.74) is 0.801. The van der Waals surface area contributed by atoms with Gasteiger partial charge in [-0.3, -0.25) is 4.72 Å². The average molecular weight is 400 g/mol. The van der Waals surface area contributed by atoms with Crippen molar-refractivity contribution in [1.82, 2.24) is 15.2 Å². The number of sulfonamides is 1. The van der Waals surface area contributed by atoms with Gasteiger partial charge in [-0.15, -0.1) is 10.2 Å². The van der Waals surface area contributed by atoms with Crippen LogP contribution in [0.2, 0.25) is 0 Å². The van der Waals surface area contributed by atoms with Crippen LogP contribution in [0.3, 0.4) is 0 Å². The maximum atomic E-state index is 12.9. The highest BCUT2D eigenvalue weighted by Crippen LogP contribution is 2.42. The second kappa shape index (κ2) is 7.22. The van der Waals surface area contributed by atoms with E-state index in [1.165, 1.54) is 13.2 Å². The summed E-state index contributed by atoms with van der Waals surface area (Å²) >= 11 is 0. The van der Waals surface area contributed by atoms with Crippen molar-refractivity contribution in [2.45, 2.75) is 18.8 Å². The summed E-state index contributed by atoms with van der Waals surface area (Å²) < 4.78 is 61.5. The molecule has 0 spiro atoms. The van der Waals surface area contributed by atoms with Crippen molar-refractivity contribution in [3.63, 3.8) is 0 Å². The smallest absolute Gasteiger partial charge is 0.257 e. The van der Waals surface area contributed by atoms with Crippen molar-refractivity contribution in [3.05, 3.63) is 24.3 Å². The lowest BCUT2D eigenvalue weighted by molar-refractivity contribution is -0.119. The van der Waals surface area contributed by atoms with Gasteiger partial charge in [-0.1, -0.05) is 6.07 Å². The maximum absolute atomic E-state index is 12.9. The first-order valence-corrected chi connectivity index (χ1v) is 9.92. The summed E-state index contributed by atoms with van der Waals surface area (Å²) in [4.78, 5) is 4.27. The van der Waals surface area contributed by atoms with E-state index in [2.05, 4.69) is 19.9 Å². The summed E-state index contributed by atoms with van der Waals surface area (Å²) in [6.07, 6.45) is 0.636. The van der Waals surface area contributed by atoms with E-state index in [-0.39, 0.29) is 42.8 Å². The number of methoxy groups -OCH3 is 1. The molecule has 0 bridgehead atoms. The van der Waals surface area contributed by atoms with Crippen LogP contribution in [0.5, 0.6) is 11.8 Å². The van der Waals surface area contributed by atoms with E-state index in [4.69, 9.17) is 9.47 Å². The Hall–Kier alpha value is -2.56. The Labute approximate surface area is 155 Å². The van der Waals surface area contributed by atoms with Gasteiger partial charge in [-0.2, -0.15) is 0 Å². The molecule has 1 aliphatic carbocycles. The second-order valence-corrected chi connectivity index (χ2v) is 8.08. The van der Waals surface area contributed by atoms with Crippen molar-refractivity contribution in [3.8, 4) is 23.1 Å². The molecule has 0 aromatic carbocycles. The lowest BCUT2D eigenvalue weighted by Crippen LogP contribution is -2.38. The zero-order valence-corrected chi connectivity index (χ0v) is 15.5. The third-order valence-corrected chi connectivity index (χ3v) is 4.47. The molecular weight excluding hydrogens is 382 g/mol. The minimum Gasteiger partial charge on any atom is -0.478 e. The Morgan fingerprint density at radius 2 is 2.00 bits per heavy atom. The van der Waals surface area contributed by atoms with Crippen LogP contribution in [0, 0.1) is 5.92 Å². The van der Waals surface area contributed by atoms with Crippen LogP contribution < -0.4 is 14.2 Å². The number of alkyl halides is 2. The van der Waals surface area contributed by atoms with Crippen molar-refractivity contribution in [2.24, 2.45) is 5.92 Å². The zero-order valence-electron chi connectivity index (χ0n) is 14.6. The number of pyridine rings is 1. The number of hydrogen-bond donors (Lipinski definition) is 1. The van der Waals surface area contributed by atoms with Crippen molar-refractivity contribution < 1.29 is 26.7 Å². The molecule has 3 rings (SSSR count). The van der Waals surface area contributed by atoms with Crippen molar-refractivity contribution in [2.75, 3.05) is 24.7 Å². The standard InChI is InChI=1S/C16H18F2N4O4S/c1-25-15-13(22-27(2,23)24)6-12(20-21-15)11-4-3-5-14(19-11)26-9-10-7-16(17,18)8-10/h3-6,10H,7-9H2,1-2H3,(H,20,22). The van der Waals surface area contributed by atoms with Gasteiger partial charge >= 0.3 is 0 Å². The molecule has 27 heavy (non-hydrogen) atoms. The molecular formula is C16H18F2N4O4S. The largest absolute Gasteiger partial charge is 0.478 e. The molecule has 0 saturated heterocycles. The summed E-state index contributed by atoms with van der Waals surface area (Å²) in [5.74, 6) is -2.51. The first-order chi connectivity index (χ1) is 12.6. The second-order valence-electron chi connectivity index (χ2n) is 6.33. The summed E-state index contributed by atoms with van der Waals surface area (Å²) in [6, 6.07) is 6.35. The highest BCUT2D eigenvalue weighted by Gasteiger charge is 2.45. The number of ether oxygens (including phenoxy) is 2. The van der Waals surface area contributed by atoms with Gasteiger partial charge in [0.05, 0.1) is 25.7 Å². The minimum atomic E-state index is -3.55. The van der Waals surface area contributed by atoms with E-state index in [0.717, 1.165) is 6.26 Å². The van der Waals surface area contributed by atoms with Crippen molar-refractivity contribution in [1.29, 1.82) is 0 Å². The van der Waals surface area contributed by atoms with Gasteiger partial charge in [0.15, 0.2) is 0 Å². The van der Waals surface area contributed by atoms with Gasteiger partial charge in [0.1, 0.15) is 11.4 Å². The molecule has 8 nitrogen and oxygen atoms in total. The molecule has 0 radical (unpaired) electrons. The number of nitrogens with one attached hydrogen (secondary N) is 1.